The van der Waals surface area contributed by atoms with Crippen LogP contribution in [-0.4, -0.2) is 38.2 Å². The molecule has 4 nitrogen and oxygen atoms in total. The molecular weight excluding hydrogens is 307 g/mol. The van der Waals surface area contributed by atoms with E-state index in [9.17, 15) is 9.59 Å². The summed E-state index contributed by atoms with van der Waals surface area (Å²) in [6.07, 6.45) is 1.82. The van der Waals surface area contributed by atoms with Crippen LogP contribution in [0.15, 0.2) is 30.3 Å². The van der Waals surface area contributed by atoms with E-state index >= 15 is 0 Å². The molecule has 2 atom stereocenters. The number of benzene rings is 1. The molecule has 0 radical (unpaired) electrons. The van der Waals surface area contributed by atoms with Gasteiger partial charge in [0.05, 0.1) is 0 Å². The van der Waals surface area contributed by atoms with Gasteiger partial charge in [0.15, 0.2) is 0 Å². The monoisotopic (exact) mass is 326 g/mol. The van der Waals surface area contributed by atoms with Gasteiger partial charge < -0.3 is 0 Å². The SMILES string of the molecule is CCCCOC(=O)[AsH]C(CC(=O)O)c1ccccc1. The van der Waals surface area contributed by atoms with E-state index in [1.165, 1.54) is 0 Å². The van der Waals surface area contributed by atoms with Crippen LogP contribution in [0.3, 0.4) is 0 Å². The summed E-state index contributed by atoms with van der Waals surface area (Å²) in [5.41, 5.74) is 0.914. The quantitative estimate of drug-likeness (QED) is 0.589. The van der Waals surface area contributed by atoms with Crippen LogP contribution >= 0.6 is 0 Å². The second-order valence-electron chi connectivity index (χ2n) is 4.19. The summed E-state index contributed by atoms with van der Waals surface area (Å²) in [7, 11) is 0. The number of hydrogen-bond donors (Lipinski definition) is 1. The van der Waals surface area contributed by atoms with Crippen LogP contribution in [0.25, 0.3) is 0 Å². The molecule has 0 fully saturated rings. The first kappa shape index (κ1) is 15.8. The molecule has 0 heterocycles. The van der Waals surface area contributed by atoms with Crippen molar-refractivity contribution in [1.29, 1.82) is 0 Å². The van der Waals surface area contributed by atoms with Crippen molar-refractivity contribution >= 4 is 26.5 Å². The Bertz CT molecular complexity index is 405. The Labute approximate surface area is 119 Å². The van der Waals surface area contributed by atoms with E-state index in [0.717, 1.165) is 18.4 Å². The van der Waals surface area contributed by atoms with Crippen molar-refractivity contribution in [1.82, 2.24) is 0 Å². The molecule has 0 aliphatic carbocycles. The van der Waals surface area contributed by atoms with E-state index in [0.29, 0.717) is 6.61 Å². The molecule has 1 aromatic rings. The first-order valence-corrected chi connectivity index (χ1v) is 8.59. The Morgan fingerprint density at radius 2 is 2.00 bits per heavy atom. The number of carbonyl (C=O) groups excluding carboxylic acids is 1. The Morgan fingerprint density at radius 1 is 1.32 bits per heavy atom. The average molecular weight is 326 g/mol. The topological polar surface area (TPSA) is 63.6 Å². The van der Waals surface area contributed by atoms with E-state index in [1.807, 2.05) is 37.3 Å². The van der Waals surface area contributed by atoms with Crippen molar-refractivity contribution in [2.24, 2.45) is 0 Å². The van der Waals surface area contributed by atoms with Gasteiger partial charge in [-0.1, -0.05) is 0 Å². The summed E-state index contributed by atoms with van der Waals surface area (Å²) in [5.74, 6) is -0.876. The van der Waals surface area contributed by atoms with Crippen molar-refractivity contribution in [3.8, 4) is 0 Å². The Kier molecular flexibility index (Phi) is 7.27. The summed E-state index contributed by atoms with van der Waals surface area (Å²) >= 11 is -1.12. The van der Waals surface area contributed by atoms with Gasteiger partial charge in [-0.3, -0.25) is 0 Å². The van der Waals surface area contributed by atoms with Crippen LogP contribution in [0.2, 0.25) is 0 Å². The van der Waals surface area contributed by atoms with Crippen LogP contribution in [0.5, 0.6) is 0 Å². The molecule has 2 unspecified atom stereocenters. The zero-order valence-electron chi connectivity index (χ0n) is 11.0. The van der Waals surface area contributed by atoms with Gasteiger partial charge in [-0.15, -0.1) is 0 Å². The van der Waals surface area contributed by atoms with E-state index < -0.39 is 21.7 Å². The first-order valence-electron chi connectivity index (χ1n) is 6.33. The molecule has 0 saturated carbocycles. The fourth-order valence-electron chi connectivity index (χ4n) is 1.61. The van der Waals surface area contributed by atoms with Gasteiger partial charge in [-0.2, -0.15) is 0 Å². The molecule has 1 rings (SSSR count). The number of carbonyl (C=O) groups is 2. The third-order valence-electron chi connectivity index (χ3n) is 2.60. The van der Waals surface area contributed by atoms with E-state index in [2.05, 4.69) is 0 Å². The number of carboxylic acids is 1. The zero-order chi connectivity index (χ0) is 14.1. The van der Waals surface area contributed by atoms with Gasteiger partial charge in [0, 0.05) is 0 Å². The standard InChI is InChI=1S/C14H19AsO4/c1-2-3-9-19-14(18)15-12(10-13(16)17)11-7-5-4-6-8-11/h4-8,12,15H,2-3,9-10H2,1H3,(H,16,17). The summed E-state index contributed by atoms with van der Waals surface area (Å²) < 4.78 is 4.73. The first-order chi connectivity index (χ1) is 9.13. The molecule has 1 aromatic carbocycles. The van der Waals surface area contributed by atoms with Gasteiger partial charge in [-0.05, 0) is 0 Å². The fourth-order valence-corrected chi connectivity index (χ4v) is 3.93. The Balaban J connectivity index is 2.60. The minimum atomic E-state index is -1.12. The van der Waals surface area contributed by atoms with Crippen molar-refractivity contribution in [2.75, 3.05) is 6.61 Å². The summed E-state index contributed by atoms with van der Waals surface area (Å²) in [6.45, 7) is 2.47. The average Bonchev–Trinajstić information content (AvgIpc) is 2.39. The molecule has 0 aliphatic heterocycles. The van der Waals surface area contributed by atoms with Crippen LogP contribution in [-0.2, 0) is 9.53 Å². The summed E-state index contributed by atoms with van der Waals surface area (Å²) in [6, 6.07) is 9.34. The molecule has 1 N–H and O–H groups in total. The predicted molar refractivity (Wildman–Crippen MR) is 74.8 cm³/mol. The van der Waals surface area contributed by atoms with Crippen LogP contribution in [0.4, 0.5) is 4.79 Å². The maximum atomic E-state index is 11.7. The molecule has 104 valence electrons. The van der Waals surface area contributed by atoms with Crippen LogP contribution < -0.4 is 0 Å². The summed E-state index contributed by atoms with van der Waals surface area (Å²) in [5, 5.41) is 8.94. The van der Waals surface area contributed by atoms with Gasteiger partial charge in [0.2, 0.25) is 0 Å². The molecule has 0 aliphatic rings. The second kappa shape index (κ2) is 8.76. The minimum absolute atomic E-state index is 0.00705. The van der Waals surface area contributed by atoms with Gasteiger partial charge >= 0.3 is 119 Å². The molecule has 5 heteroatoms. The maximum absolute atomic E-state index is 11.7. The summed E-state index contributed by atoms with van der Waals surface area (Å²) in [4.78, 5) is 22.6. The molecule has 0 saturated heterocycles. The molecular formula is C14H19AsO4. The molecule has 19 heavy (non-hydrogen) atoms. The third-order valence-corrected chi connectivity index (χ3v) is 5.26. The number of rotatable bonds is 8. The molecule has 0 aromatic heterocycles. The number of carboxylic acid groups (broad SMARTS) is 1. The third kappa shape index (κ3) is 6.44. The molecule has 0 amide bonds. The molecule has 0 bridgehead atoms. The zero-order valence-corrected chi connectivity index (χ0v) is 13.1. The molecule has 0 spiro atoms. The van der Waals surface area contributed by atoms with Crippen molar-refractivity contribution < 1.29 is 19.4 Å². The number of hydrogen-bond acceptors (Lipinski definition) is 3. The van der Waals surface area contributed by atoms with E-state index in [-0.39, 0.29) is 15.9 Å². The Morgan fingerprint density at radius 3 is 2.58 bits per heavy atom. The van der Waals surface area contributed by atoms with Crippen molar-refractivity contribution in [2.45, 2.75) is 30.9 Å². The van der Waals surface area contributed by atoms with Gasteiger partial charge in [-0.25, -0.2) is 0 Å². The van der Waals surface area contributed by atoms with Gasteiger partial charge in [0.1, 0.15) is 0 Å². The van der Waals surface area contributed by atoms with Crippen LogP contribution in [0, 0.1) is 0 Å². The van der Waals surface area contributed by atoms with Crippen LogP contribution in [0.1, 0.15) is 36.5 Å². The van der Waals surface area contributed by atoms with Gasteiger partial charge in [0.25, 0.3) is 0 Å². The second-order valence-corrected chi connectivity index (χ2v) is 7.12. The van der Waals surface area contributed by atoms with E-state index in [4.69, 9.17) is 9.84 Å². The number of aliphatic carboxylic acids is 1. The van der Waals surface area contributed by atoms with Crippen molar-refractivity contribution in [3.63, 3.8) is 0 Å². The fraction of sp³-hybridized carbons (Fsp3) is 0.429. The number of unbranched alkanes of at least 4 members (excludes halogenated alkanes) is 1. The normalized spacial score (nSPS) is 12.5. The number of ether oxygens (including phenoxy) is 1. The Hall–Kier alpha value is -1.28. The van der Waals surface area contributed by atoms with E-state index in [1.54, 1.807) is 0 Å². The predicted octanol–water partition coefficient (Wildman–Crippen LogP) is 2.58. The van der Waals surface area contributed by atoms with Crippen molar-refractivity contribution in [3.05, 3.63) is 35.9 Å².